The smallest absolute Gasteiger partial charge is 0.163 e. The van der Waals surface area contributed by atoms with Gasteiger partial charge in [-0.3, -0.25) is 9.78 Å². The molecule has 0 fully saturated rings. The molecule has 1 aromatic heterocycles. The third-order valence-electron chi connectivity index (χ3n) is 2.20. The van der Waals surface area contributed by atoms with E-state index in [1.54, 1.807) is 24.5 Å². The molecule has 0 atom stereocenters. The van der Waals surface area contributed by atoms with Crippen molar-refractivity contribution in [3.8, 4) is 0 Å². The van der Waals surface area contributed by atoms with Crippen molar-refractivity contribution >= 4 is 17.5 Å². The molecular formula is C13H10FNOS. The maximum atomic E-state index is 13.6. The van der Waals surface area contributed by atoms with Gasteiger partial charge in [-0.2, -0.15) is 0 Å². The molecule has 2 rings (SSSR count). The maximum Gasteiger partial charge on any atom is 0.163 e. The van der Waals surface area contributed by atoms with Crippen LogP contribution < -0.4 is 0 Å². The minimum absolute atomic E-state index is 0.148. The van der Waals surface area contributed by atoms with E-state index in [0.29, 0.717) is 4.90 Å². The third kappa shape index (κ3) is 2.71. The van der Waals surface area contributed by atoms with E-state index < -0.39 is 5.82 Å². The van der Waals surface area contributed by atoms with E-state index in [-0.39, 0.29) is 11.3 Å². The molecule has 0 aliphatic heterocycles. The summed E-state index contributed by atoms with van der Waals surface area (Å²) >= 11 is 1.36. The predicted molar refractivity (Wildman–Crippen MR) is 64.8 cm³/mol. The molecule has 2 aromatic rings. The van der Waals surface area contributed by atoms with Gasteiger partial charge in [-0.15, -0.1) is 0 Å². The lowest BCUT2D eigenvalue weighted by atomic mass is 10.1. The van der Waals surface area contributed by atoms with Crippen LogP contribution in [0.3, 0.4) is 0 Å². The van der Waals surface area contributed by atoms with Crippen molar-refractivity contribution in [1.82, 2.24) is 4.98 Å². The lowest BCUT2D eigenvalue weighted by Crippen LogP contribution is -1.99. The molecule has 86 valence electrons. The van der Waals surface area contributed by atoms with Gasteiger partial charge in [0.15, 0.2) is 5.78 Å². The van der Waals surface area contributed by atoms with Crippen molar-refractivity contribution in [2.24, 2.45) is 0 Å². The van der Waals surface area contributed by atoms with Gasteiger partial charge in [0.05, 0.1) is 5.56 Å². The van der Waals surface area contributed by atoms with Crippen LogP contribution in [0.25, 0.3) is 0 Å². The van der Waals surface area contributed by atoms with Crippen molar-refractivity contribution in [1.29, 1.82) is 0 Å². The van der Waals surface area contributed by atoms with Crippen molar-refractivity contribution < 1.29 is 9.18 Å². The van der Waals surface area contributed by atoms with Crippen LogP contribution in [-0.4, -0.2) is 10.8 Å². The zero-order valence-electron chi connectivity index (χ0n) is 9.18. The summed E-state index contributed by atoms with van der Waals surface area (Å²) in [6, 6.07) is 8.28. The number of hydrogen-bond donors (Lipinski definition) is 0. The Bertz CT molecular complexity index is 542. The van der Waals surface area contributed by atoms with Crippen LogP contribution in [0.2, 0.25) is 0 Å². The van der Waals surface area contributed by atoms with E-state index in [4.69, 9.17) is 0 Å². The summed E-state index contributed by atoms with van der Waals surface area (Å²) in [6.45, 7) is 1.37. The van der Waals surface area contributed by atoms with Gasteiger partial charge < -0.3 is 0 Å². The fourth-order valence-corrected chi connectivity index (χ4v) is 2.47. The summed E-state index contributed by atoms with van der Waals surface area (Å²) in [5, 5.41) is 0. The number of ketones is 1. The van der Waals surface area contributed by atoms with Crippen LogP contribution >= 0.6 is 11.8 Å². The summed E-state index contributed by atoms with van der Waals surface area (Å²) in [6.07, 6.45) is 3.32. The van der Waals surface area contributed by atoms with Gasteiger partial charge in [0, 0.05) is 22.2 Å². The van der Waals surface area contributed by atoms with Gasteiger partial charge in [-0.25, -0.2) is 4.39 Å². The summed E-state index contributed by atoms with van der Waals surface area (Å²) in [4.78, 5) is 16.9. The predicted octanol–water partition coefficient (Wildman–Crippen LogP) is 3.57. The molecule has 0 spiro atoms. The zero-order chi connectivity index (χ0) is 12.3. The zero-order valence-corrected chi connectivity index (χ0v) is 10.00. The van der Waals surface area contributed by atoms with Crippen molar-refractivity contribution in [3.05, 3.63) is 54.1 Å². The maximum absolute atomic E-state index is 13.6. The Morgan fingerprint density at radius 2 is 1.94 bits per heavy atom. The number of benzene rings is 1. The Hall–Kier alpha value is -1.68. The number of pyridine rings is 1. The van der Waals surface area contributed by atoms with E-state index in [0.717, 1.165) is 4.90 Å². The van der Waals surface area contributed by atoms with Gasteiger partial charge in [0.1, 0.15) is 5.82 Å². The van der Waals surface area contributed by atoms with Crippen molar-refractivity contribution in [3.63, 3.8) is 0 Å². The van der Waals surface area contributed by atoms with Gasteiger partial charge in [0.25, 0.3) is 0 Å². The van der Waals surface area contributed by atoms with Crippen LogP contribution in [0.5, 0.6) is 0 Å². The number of halogens is 1. The second-order valence-electron chi connectivity index (χ2n) is 3.45. The Morgan fingerprint density at radius 3 is 2.59 bits per heavy atom. The lowest BCUT2D eigenvalue weighted by molar-refractivity contribution is 0.101. The molecule has 1 heterocycles. The minimum Gasteiger partial charge on any atom is -0.294 e. The van der Waals surface area contributed by atoms with Crippen LogP contribution in [0.15, 0.2) is 52.5 Å². The Kier molecular flexibility index (Phi) is 3.54. The van der Waals surface area contributed by atoms with E-state index >= 15 is 0 Å². The highest BCUT2D eigenvalue weighted by Crippen LogP contribution is 2.31. The van der Waals surface area contributed by atoms with E-state index in [9.17, 15) is 9.18 Å². The Balaban J connectivity index is 2.40. The molecule has 0 unspecified atom stereocenters. The molecular weight excluding hydrogens is 237 g/mol. The fraction of sp³-hybridized carbons (Fsp3) is 0.0769. The van der Waals surface area contributed by atoms with E-state index in [2.05, 4.69) is 4.98 Å². The van der Waals surface area contributed by atoms with Gasteiger partial charge in [-0.1, -0.05) is 17.8 Å². The molecule has 2 nitrogen and oxygen atoms in total. The average molecular weight is 247 g/mol. The van der Waals surface area contributed by atoms with Crippen LogP contribution in [0.1, 0.15) is 17.3 Å². The first-order valence-corrected chi connectivity index (χ1v) is 5.87. The molecule has 17 heavy (non-hydrogen) atoms. The fourth-order valence-electron chi connectivity index (χ4n) is 1.46. The largest absolute Gasteiger partial charge is 0.294 e. The first kappa shape index (κ1) is 11.8. The number of carbonyl (C=O) groups excluding carboxylic acids is 1. The van der Waals surface area contributed by atoms with E-state index in [1.165, 1.54) is 24.8 Å². The molecule has 0 saturated carbocycles. The van der Waals surface area contributed by atoms with Gasteiger partial charge in [0.2, 0.25) is 0 Å². The number of rotatable bonds is 3. The van der Waals surface area contributed by atoms with Crippen LogP contribution in [0.4, 0.5) is 4.39 Å². The molecule has 0 bridgehead atoms. The molecule has 4 heteroatoms. The summed E-state index contributed by atoms with van der Waals surface area (Å²) in [7, 11) is 0. The lowest BCUT2D eigenvalue weighted by Gasteiger charge is -2.07. The van der Waals surface area contributed by atoms with Crippen molar-refractivity contribution in [2.45, 2.75) is 16.7 Å². The first-order valence-electron chi connectivity index (χ1n) is 5.06. The average Bonchev–Trinajstić information content (AvgIpc) is 2.30. The number of Topliss-reactive ketones (excluding diaryl/α,β-unsaturated/α-hetero) is 1. The van der Waals surface area contributed by atoms with Crippen LogP contribution in [-0.2, 0) is 0 Å². The number of carbonyl (C=O) groups is 1. The highest BCUT2D eigenvalue weighted by molar-refractivity contribution is 7.99. The topological polar surface area (TPSA) is 30.0 Å². The third-order valence-corrected chi connectivity index (χ3v) is 3.27. The summed E-state index contributed by atoms with van der Waals surface area (Å²) in [5.74, 6) is -0.740. The first-order chi connectivity index (χ1) is 8.18. The Labute approximate surface area is 103 Å². The summed E-state index contributed by atoms with van der Waals surface area (Å²) in [5.41, 5.74) is 0.148. The second kappa shape index (κ2) is 5.10. The molecule has 1 aromatic carbocycles. The molecule has 0 aliphatic rings. The number of hydrogen-bond acceptors (Lipinski definition) is 3. The normalized spacial score (nSPS) is 10.2. The standard InChI is InChI=1S/C13H10FNOS/c1-9(16)13-11(14)3-2-4-12(13)17-10-5-7-15-8-6-10/h2-8H,1H3. The highest BCUT2D eigenvalue weighted by Gasteiger charge is 2.13. The summed E-state index contributed by atoms with van der Waals surface area (Å²) < 4.78 is 13.6. The van der Waals surface area contributed by atoms with Gasteiger partial charge >= 0.3 is 0 Å². The minimum atomic E-state index is -0.475. The molecule has 0 aliphatic carbocycles. The monoisotopic (exact) mass is 247 g/mol. The second-order valence-corrected chi connectivity index (χ2v) is 4.57. The SMILES string of the molecule is CC(=O)c1c(F)cccc1Sc1ccncc1. The van der Waals surface area contributed by atoms with Crippen LogP contribution in [0, 0.1) is 5.82 Å². The molecule has 0 amide bonds. The number of aromatic nitrogens is 1. The van der Waals surface area contributed by atoms with E-state index in [1.807, 2.05) is 12.1 Å². The number of nitrogens with zero attached hydrogens (tertiary/aromatic N) is 1. The quantitative estimate of drug-likeness (QED) is 0.776. The Morgan fingerprint density at radius 1 is 1.24 bits per heavy atom. The molecule has 0 saturated heterocycles. The van der Waals surface area contributed by atoms with Gasteiger partial charge in [-0.05, 0) is 31.2 Å². The van der Waals surface area contributed by atoms with Crippen molar-refractivity contribution in [2.75, 3.05) is 0 Å². The molecule has 0 radical (unpaired) electrons. The highest BCUT2D eigenvalue weighted by atomic mass is 32.2. The molecule has 0 N–H and O–H groups in total.